The quantitative estimate of drug-likeness (QED) is 0.797. The van der Waals surface area contributed by atoms with Crippen LogP contribution in [0.1, 0.15) is 30.7 Å². The SMILES string of the molecule is Cc1cc(C)n(CCCC(=O)N(C)C[C@@H]2CCOC2)n1. The van der Waals surface area contributed by atoms with Gasteiger partial charge >= 0.3 is 0 Å². The minimum absolute atomic E-state index is 0.221. The fraction of sp³-hybridized carbons (Fsp3) is 0.733. The molecule has 1 atom stereocenters. The number of amides is 1. The summed E-state index contributed by atoms with van der Waals surface area (Å²) >= 11 is 0. The molecule has 112 valence electrons. The molecule has 0 unspecified atom stereocenters. The summed E-state index contributed by atoms with van der Waals surface area (Å²) < 4.78 is 7.32. The van der Waals surface area contributed by atoms with Crippen molar-refractivity contribution in [3.05, 3.63) is 17.5 Å². The summed E-state index contributed by atoms with van der Waals surface area (Å²) in [5.41, 5.74) is 2.19. The highest BCUT2D eigenvalue weighted by Gasteiger charge is 2.19. The van der Waals surface area contributed by atoms with Crippen LogP contribution in [0.2, 0.25) is 0 Å². The van der Waals surface area contributed by atoms with Crippen molar-refractivity contribution in [2.75, 3.05) is 26.8 Å². The van der Waals surface area contributed by atoms with Gasteiger partial charge in [0.25, 0.3) is 0 Å². The normalized spacial score (nSPS) is 18.4. The average Bonchev–Trinajstić information content (AvgIpc) is 2.99. The Morgan fingerprint density at radius 3 is 2.95 bits per heavy atom. The third kappa shape index (κ3) is 4.07. The zero-order valence-corrected chi connectivity index (χ0v) is 12.8. The molecule has 0 spiro atoms. The molecule has 1 saturated heterocycles. The number of aromatic nitrogens is 2. The zero-order valence-electron chi connectivity index (χ0n) is 12.8. The Hall–Kier alpha value is -1.36. The molecule has 5 nitrogen and oxygen atoms in total. The molecule has 0 aromatic carbocycles. The second-order valence-electron chi connectivity index (χ2n) is 5.76. The van der Waals surface area contributed by atoms with Crippen LogP contribution in [0.3, 0.4) is 0 Å². The number of rotatable bonds is 6. The van der Waals surface area contributed by atoms with E-state index in [4.69, 9.17) is 4.74 Å². The van der Waals surface area contributed by atoms with E-state index in [9.17, 15) is 4.79 Å². The molecule has 1 aliphatic heterocycles. The van der Waals surface area contributed by atoms with Crippen molar-refractivity contribution in [1.82, 2.24) is 14.7 Å². The molecule has 1 aromatic rings. The summed E-state index contributed by atoms with van der Waals surface area (Å²) in [6.07, 6.45) is 2.50. The van der Waals surface area contributed by atoms with Crippen molar-refractivity contribution in [1.29, 1.82) is 0 Å². The van der Waals surface area contributed by atoms with Crippen LogP contribution in [-0.2, 0) is 16.1 Å². The van der Waals surface area contributed by atoms with Gasteiger partial charge in [0.2, 0.25) is 5.91 Å². The Bertz CT molecular complexity index is 450. The van der Waals surface area contributed by atoms with Gasteiger partial charge in [-0.2, -0.15) is 5.10 Å². The van der Waals surface area contributed by atoms with Gasteiger partial charge in [0.1, 0.15) is 0 Å². The van der Waals surface area contributed by atoms with Crippen molar-refractivity contribution in [2.24, 2.45) is 5.92 Å². The highest BCUT2D eigenvalue weighted by atomic mass is 16.5. The van der Waals surface area contributed by atoms with E-state index in [1.165, 1.54) is 0 Å². The first kappa shape index (κ1) is 15.0. The Balaban J connectivity index is 1.70. The maximum Gasteiger partial charge on any atom is 0.222 e. The fourth-order valence-corrected chi connectivity index (χ4v) is 2.69. The molecule has 0 N–H and O–H groups in total. The van der Waals surface area contributed by atoms with Crippen LogP contribution < -0.4 is 0 Å². The largest absolute Gasteiger partial charge is 0.381 e. The molecule has 0 bridgehead atoms. The van der Waals surface area contributed by atoms with Crippen LogP contribution in [0.4, 0.5) is 0 Å². The molecule has 20 heavy (non-hydrogen) atoms. The lowest BCUT2D eigenvalue weighted by molar-refractivity contribution is -0.130. The molecule has 5 heteroatoms. The van der Waals surface area contributed by atoms with E-state index in [0.29, 0.717) is 12.3 Å². The van der Waals surface area contributed by atoms with Crippen LogP contribution in [-0.4, -0.2) is 47.4 Å². The van der Waals surface area contributed by atoms with E-state index in [0.717, 1.165) is 50.5 Å². The predicted molar refractivity (Wildman–Crippen MR) is 77.5 cm³/mol. The van der Waals surface area contributed by atoms with Gasteiger partial charge in [-0.1, -0.05) is 0 Å². The summed E-state index contributed by atoms with van der Waals surface area (Å²) in [6.45, 7) is 7.30. The molecular formula is C15H25N3O2. The summed E-state index contributed by atoms with van der Waals surface area (Å²) in [6, 6.07) is 2.06. The van der Waals surface area contributed by atoms with Crippen molar-refractivity contribution < 1.29 is 9.53 Å². The van der Waals surface area contributed by atoms with Crippen molar-refractivity contribution in [2.45, 2.75) is 39.7 Å². The fourth-order valence-electron chi connectivity index (χ4n) is 2.69. The van der Waals surface area contributed by atoms with E-state index in [1.54, 1.807) is 0 Å². The third-order valence-corrected chi connectivity index (χ3v) is 3.85. The van der Waals surface area contributed by atoms with Gasteiger partial charge in [-0.3, -0.25) is 9.48 Å². The lowest BCUT2D eigenvalue weighted by atomic mass is 10.1. The molecule has 1 aromatic heterocycles. The van der Waals surface area contributed by atoms with Gasteiger partial charge in [0.05, 0.1) is 12.3 Å². The van der Waals surface area contributed by atoms with Gasteiger partial charge in [-0.15, -0.1) is 0 Å². The molecule has 1 fully saturated rings. The highest BCUT2D eigenvalue weighted by molar-refractivity contribution is 5.75. The van der Waals surface area contributed by atoms with Crippen LogP contribution in [0.25, 0.3) is 0 Å². The lowest BCUT2D eigenvalue weighted by Gasteiger charge is -2.20. The Morgan fingerprint density at radius 1 is 1.55 bits per heavy atom. The second-order valence-corrected chi connectivity index (χ2v) is 5.76. The molecule has 0 radical (unpaired) electrons. The van der Waals surface area contributed by atoms with E-state index in [1.807, 2.05) is 30.5 Å². The van der Waals surface area contributed by atoms with Gasteiger partial charge < -0.3 is 9.64 Å². The van der Waals surface area contributed by atoms with Gasteiger partial charge in [0.15, 0.2) is 0 Å². The maximum atomic E-state index is 12.1. The van der Waals surface area contributed by atoms with E-state index >= 15 is 0 Å². The highest BCUT2D eigenvalue weighted by Crippen LogP contribution is 2.14. The van der Waals surface area contributed by atoms with Crippen LogP contribution in [0, 0.1) is 19.8 Å². The van der Waals surface area contributed by atoms with E-state index < -0.39 is 0 Å². The average molecular weight is 279 g/mol. The molecule has 2 heterocycles. The summed E-state index contributed by atoms with van der Waals surface area (Å²) in [5.74, 6) is 0.735. The van der Waals surface area contributed by atoms with Gasteiger partial charge in [-0.05, 0) is 32.8 Å². The number of hydrogen-bond acceptors (Lipinski definition) is 3. The van der Waals surface area contributed by atoms with Crippen LogP contribution in [0.5, 0.6) is 0 Å². The van der Waals surface area contributed by atoms with Gasteiger partial charge in [-0.25, -0.2) is 0 Å². The topological polar surface area (TPSA) is 47.4 Å². The van der Waals surface area contributed by atoms with E-state index in [2.05, 4.69) is 11.2 Å². The Morgan fingerprint density at radius 2 is 2.35 bits per heavy atom. The van der Waals surface area contributed by atoms with Gasteiger partial charge in [0, 0.05) is 44.8 Å². The number of carbonyl (C=O) groups is 1. The smallest absolute Gasteiger partial charge is 0.222 e. The Labute approximate surface area is 120 Å². The minimum atomic E-state index is 0.221. The summed E-state index contributed by atoms with van der Waals surface area (Å²) in [5, 5.41) is 4.41. The first-order valence-corrected chi connectivity index (χ1v) is 7.39. The summed E-state index contributed by atoms with van der Waals surface area (Å²) in [7, 11) is 1.89. The minimum Gasteiger partial charge on any atom is -0.381 e. The Kier molecular flexibility index (Phi) is 5.17. The molecule has 1 aliphatic rings. The number of aryl methyl sites for hydroxylation is 3. The first-order valence-electron chi connectivity index (χ1n) is 7.39. The standard InChI is InChI=1S/C15H25N3O2/c1-12-9-13(2)18(16-12)7-4-5-15(19)17(3)10-14-6-8-20-11-14/h9,14H,4-8,10-11H2,1-3H3/t14-/m0/s1. The van der Waals surface area contributed by atoms with Crippen LogP contribution >= 0.6 is 0 Å². The number of hydrogen-bond donors (Lipinski definition) is 0. The number of nitrogens with zero attached hydrogens (tertiary/aromatic N) is 3. The monoisotopic (exact) mass is 279 g/mol. The molecular weight excluding hydrogens is 254 g/mol. The van der Waals surface area contributed by atoms with Crippen molar-refractivity contribution >= 4 is 5.91 Å². The van der Waals surface area contributed by atoms with Crippen molar-refractivity contribution in [3.63, 3.8) is 0 Å². The predicted octanol–water partition coefficient (Wildman–Crippen LogP) is 1.78. The van der Waals surface area contributed by atoms with Crippen molar-refractivity contribution in [3.8, 4) is 0 Å². The number of carbonyl (C=O) groups excluding carboxylic acids is 1. The molecule has 0 saturated carbocycles. The van der Waals surface area contributed by atoms with E-state index in [-0.39, 0.29) is 5.91 Å². The first-order chi connectivity index (χ1) is 9.56. The molecule has 1 amide bonds. The summed E-state index contributed by atoms with van der Waals surface area (Å²) in [4.78, 5) is 13.9. The molecule has 0 aliphatic carbocycles. The zero-order chi connectivity index (χ0) is 14.5. The molecule has 2 rings (SSSR count). The number of ether oxygens (including phenoxy) is 1. The maximum absolute atomic E-state index is 12.1. The lowest BCUT2D eigenvalue weighted by Crippen LogP contribution is -2.32. The van der Waals surface area contributed by atoms with Crippen LogP contribution in [0.15, 0.2) is 6.07 Å². The second kappa shape index (κ2) is 6.88. The third-order valence-electron chi connectivity index (χ3n) is 3.85.